The van der Waals surface area contributed by atoms with Crippen molar-refractivity contribution in [1.82, 2.24) is 9.97 Å². The van der Waals surface area contributed by atoms with E-state index < -0.39 is 4.92 Å². The first kappa shape index (κ1) is 12.7. The number of benzene rings is 1. The second-order valence-corrected chi connectivity index (χ2v) is 4.43. The number of nitrogens with one attached hydrogen (secondary N) is 1. The van der Waals surface area contributed by atoms with Gasteiger partial charge in [0.25, 0.3) is 0 Å². The molecule has 18 heavy (non-hydrogen) atoms. The van der Waals surface area contributed by atoms with Crippen LogP contribution in [0.15, 0.2) is 34.9 Å². The van der Waals surface area contributed by atoms with Crippen molar-refractivity contribution in [2.45, 2.75) is 0 Å². The van der Waals surface area contributed by atoms with Gasteiger partial charge in [-0.2, -0.15) is 4.98 Å². The zero-order valence-electron chi connectivity index (χ0n) is 8.80. The maximum Gasteiger partial charge on any atom is 0.329 e. The quantitative estimate of drug-likeness (QED) is 0.529. The van der Waals surface area contributed by atoms with Crippen LogP contribution in [-0.2, 0) is 0 Å². The molecular weight excluding hydrogens is 323 g/mol. The maximum atomic E-state index is 10.8. The predicted octanol–water partition coefficient (Wildman–Crippen LogP) is 3.54. The van der Waals surface area contributed by atoms with E-state index in [1.54, 1.807) is 18.2 Å². The van der Waals surface area contributed by atoms with Crippen molar-refractivity contribution < 1.29 is 4.92 Å². The van der Waals surface area contributed by atoms with Crippen LogP contribution in [0.4, 0.5) is 17.2 Å². The molecule has 92 valence electrons. The highest BCUT2D eigenvalue weighted by atomic mass is 79.9. The van der Waals surface area contributed by atoms with E-state index in [9.17, 15) is 10.1 Å². The fourth-order valence-electron chi connectivity index (χ4n) is 1.27. The van der Waals surface area contributed by atoms with Gasteiger partial charge in [0.05, 0.1) is 10.6 Å². The molecule has 0 radical (unpaired) electrons. The summed E-state index contributed by atoms with van der Waals surface area (Å²) in [4.78, 5) is 17.7. The first-order chi connectivity index (χ1) is 8.58. The second-order valence-electron chi connectivity index (χ2n) is 3.23. The van der Waals surface area contributed by atoms with Crippen LogP contribution in [0.25, 0.3) is 0 Å². The Morgan fingerprint density at radius 3 is 2.78 bits per heavy atom. The number of halogens is 2. The molecule has 0 saturated heterocycles. The van der Waals surface area contributed by atoms with Crippen LogP contribution in [0.3, 0.4) is 0 Å². The topological polar surface area (TPSA) is 81.0 Å². The molecule has 0 aliphatic carbocycles. The van der Waals surface area contributed by atoms with Gasteiger partial charge in [0.1, 0.15) is 6.20 Å². The van der Waals surface area contributed by atoms with Gasteiger partial charge in [-0.15, -0.1) is 0 Å². The van der Waals surface area contributed by atoms with E-state index >= 15 is 0 Å². The maximum absolute atomic E-state index is 10.8. The van der Waals surface area contributed by atoms with E-state index in [-0.39, 0.29) is 16.8 Å². The molecule has 0 saturated carbocycles. The SMILES string of the molecule is O=[N+]([O-])c1cnc(Cl)nc1Nc1ccccc1Br. The van der Waals surface area contributed by atoms with Gasteiger partial charge in [-0.1, -0.05) is 12.1 Å². The third-order valence-corrected chi connectivity index (χ3v) is 2.94. The van der Waals surface area contributed by atoms with Crippen molar-refractivity contribution in [1.29, 1.82) is 0 Å². The summed E-state index contributed by atoms with van der Waals surface area (Å²) in [6, 6.07) is 7.18. The molecular formula is C10H6BrClN4O2. The van der Waals surface area contributed by atoms with Gasteiger partial charge in [0, 0.05) is 4.47 Å². The third-order valence-electron chi connectivity index (χ3n) is 2.06. The number of anilines is 2. The molecule has 0 aliphatic heterocycles. The van der Waals surface area contributed by atoms with Gasteiger partial charge in [-0.25, -0.2) is 4.98 Å². The number of nitro groups is 1. The molecule has 0 spiro atoms. The minimum Gasteiger partial charge on any atom is -0.333 e. The Kier molecular flexibility index (Phi) is 3.73. The predicted molar refractivity (Wildman–Crippen MR) is 71.1 cm³/mol. The van der Waals surface area contributed by atoms with Gasteiger partial charge >= 0.3 is 5.69 Å². The van der Waals surface area contributed by atoms with Crippen molar-refractivity contribution in [3.63, 3.8) is 0 Å². The van der Waals surface area contributed by atoms with E-state index in [1.165, 1.54) is 0 Å². The van der Waals surface area contributed by atoms with Crippen LogP contribution < -0.4 is 5.32 Å². The van der Waals surface area contributed by atoms with E-state index in [0.717, 1.165) is 10.7 Å². The lowest BCUT2D eigenvalue weighted by atomic mass is 10.3. The molecule has 0 aliphatic rings. The number of para-hydroxylation sites is 1. The minimum atomic E-state index is -0.574. The van der Waals surface area contributed by atoms with Crippen molar-refractivity contribution in [3.05, 3.63) is 50.3 Å². The van der Waals surface area contributed by atoms with Gasteiger partial charge in [-0.3, -0.25) is 10.1 Å². The number of rotatable bonds is 3. The molecule has 1 aromatic carbocycles. The largest absolute Gasteiger partial charge is 0.333 e. The summed E-state index contributed by atoms with van der Waals surface area (Å²) in [5.74, 6) is 0.0481. The first-order valence-electron chi connectivity index (χ1n) is 4.76. The summed E-state index contributed by atoms with van der Waals surface area (Å²) in [6.45, 7) is 0. The van der Waals surface area contributed by atoms with Crippen molar-refractivity contribution in [3.8, 4) is 0 Å². The molecule has 8 heteroatoms. The van der Waals surface area contributed by atoms with Crippen LogP contribution >= 0.6 is 27.5 Å². The Balaban J connectivity index is 2.42. The highest BCUT2D eigenvalue weighted by Crippen LogP contribution is 2.29. The highest BCUT2D eigenvalue weighted by Gasteiger charge is 2.17. The van der Waals surface area contributed by atoms with Crippen LogP contribution in [0.5, 0.6) is 0 Å². The number of aromatic nitrogens is 2. The fraction of sp³-hybridized carbons (Fsp3) is 0. The first-order valence-corrected chi connectivity index (χ1v) is 5.93. The van der Waals surface area contributed by atoms with E-state index in [2.05, 4.69) is 31.2 Å². The monoisotopic (exact) mass is 328 g/mol. The molecule has 1 N–H and O–H groups in total. The number of nitrogens with zero attached hydrogens (tertiary/aromatic N) is 3. The smallest absolute Gasteiger partial charge is 0.329 e. The Hall–Kier alpha value is -1.73. The molecule has 1 aromatic heterocycles. The molecule has 1 heterocycles. The molecule has 0 amide bonds. The lowest BCUT2D eigenvalue weighted by Crippen LogP contribution is -2.01. The summed E-state index contributed by atoms with van der Waals surface area (Å²) in [5.41, 5.74) is 0.408. The average Bonchev–Trinajstić information content (AvgIpc) is 2.32. The van der Waals surface area contributed by atoms with E-state index in [1.807, 2.05) is 6.07 Å². The molecule has 2 aromatic rings. The van der Waals surface area contributed by atoms with Gasteiger partial charge in [0.2, 0.25) is 11.1 Å². The van der Waals surface area contributed by atoms with Crippen LogP contribution in [0.2, 0.25) is 5.28 Å². The van der Waals surface area contributed by atoms with E-state index in [4.69, 9.17) is 11.6 Å². The Bertz CT molecular complexity index is 608. The Morgan fingerprint density at radius 1 is 1.39 bits per heavy atom. The van der Waals surface area contributed by atoms with Crippen molar-refractivity contribution in [2.24, 2.45) is 0 Å². The lowest BCUT2D eigenvalue weighted by molar-refractivity contribution is -0.384. The Labute approximate surface area is 115 Å². The van der Waals surface area contributed by atoms with Crippen LogP contribution in [0, 0.1) is 10.1 Å². The Morgan fingerprint density at radius 2 is 2.11 bits per heavy atom. The van der Waals surface area contributed by atoms with Crippen molar-refractivity contribution in [2.75, 3.05) is 5.32 Å². The summed E-state index contributed by atoms with van der Waals surface area (Å²) < 4.78 is 0.758. The molecule has 0 atom stereocenters. The lowest BCUT2D eigenvalue weighted by Gasteiger charge is -2.07. The molecule has 6 nitrogen and oxygen atoms in total. The minimum absolute atomic E-state index is 0.0481. The molecule has 0 fully saturated rings. The molecule has 2 rings (SSSR count). The summed E-state index contributed by atoms with van der Waals surface area (Å²) >= 11 is 8.96. The zero-order chi connectivity index (χ0) is 13.1. The summed E-state index contributed by atoms with van der Waals surface area (Å²) in [5, 5.41) is 13.6. The van der Waals surface area contributed by atoms with Crippen molar-refractivity contribution >= 4 is 44.7 Å². The summed E-state index contributed by atoms with van der Waals surface area (Å²) in [6.07, 6.45) is 1.06. The molecule has 0 unspecified atom stereocenters. The van der Waals surface area contributed by atoms with Gasteiger partial charge in [0.15, 0.2) is 0 Å². The zero-order valence-corrected chi connectivity index (χ0v) is 11.1. The number of hydrogen-bond acceptors (Lipinski definition) is 5. The van der Waals surface area contributed by atoms with E-state index in [0.29, 0.717) is 5.69 Å². The average molecular weight is 330 g/mol. The van der Waals surface area contributed by atoms with Crippen LogP contribution in [-0.4, -0.2) is 14.9 Å². The standard InChI is InChI=1S/C10H6BrClN4O2/c11-6-3-1-2-4-7(6)14-9-8(16(17)18)5-13-10(12)15-9/h1-5H,(H,13,14,15). The summed E-state index contributed by atoms with van der Waals surface area (Å²) in [7, 11) is 0. The highest BCUT2D eigenvalue weighted by molar-refractivity contribution is 9.10. The normalized spacial score (nSPS) is 10.1. The number of hydrogen-bond donors (Lipinski definition) is 1. The van der Waals surface area contributed by atoms with Crippen LogP contribution in [0.1, 0.15) is 0 Å². The van der Waals surface area contributed by atoms with Gasteiger partial charge in [-0.05, 0) is 39.7 Å². The third kappa shape index (κ3) is 2.74. The fourth-order valence-corrected chi connectivity index (χ4v) is 1.79. The van der Waals surface area contributed by atoms with Gasteiger partial charge < -0.3 is 5.32 Å². The molecule has 0 bridgehead atoms. The second kappa shape index (κ2) is 5.28.